The Kier molecular flexibility index (Phi) is 5.65. The van der Waals surface area contributed by atoms with Gasteiger partial charge in [0.25, 0.3) is 0 Å². The second-order valence-electron chi connectivity index (χ2n) is 4.63. The normalized spacial score (nSPS) is 11.8. The lowest BCUT2D eigenvalue weighted by Gasteiger charge is -2.17. The Hall–Kier alpha value is -1.70. The molecule has 5 nitrogen and oxygen atoms in total. The molecule has 0 unspecified atom stereocenters. The summed E-state index contributed by atoms with van der Waals surface area (Å²) in [5.41, 5.74) is 0.265. The molecule has 118 valence electrons. The second-order valence-corrected chi connectivity index (χ2v) is 4.63. The van der Waals surface area contributed by atoms with Gasteiger partial charge in [-0.05, 0) is 27.4 Å². The largest absolute Gasteiger partial charge is 0.461 e. The first-order chi connectivity index (χ1) is 9.70. The number of hydrogen-bond acceptors (Lipinski definition) is 5. The lowest BCUT2D eigenvalue weighted by Crippen LogP contribution is -2.23. The zero-order chi connectivity index (χ0) is 16.2. The SMILES string of the molecule is CCOC(=O)c1nc(C(F)(F)F)nc(CN(C)C)c1CC. The van der Waals surface area contributed by atoms with Crippen LogP contribution in [0.1, 0.15) is 41.4 Å². The van der Waals surface area contributed by atoms with Crippen LogP contribution in [0, 0.1) is 0 Å². The van der Waals surface area contributed by atoms with Gasteiger partial charge in [-0.25, -0.2) is 14.8 Å². The van der Waals surface area contributed by atoms with Crippen LogP contribution in [0.4, 0.5) is 13.2 Å². The molecule has 0 aliphatic heterocycles. The van der Waals surface area contributed by atoms with Gasteiger partial charge >= 0.3 is 12.1 Å². The summed E-state index contributed by atoms with van der Waals surface area (Å²) < 4.78 is 43.4. The Morgan fingerprint density at radius 2 is 1.86 bits per heavy atom. The molecular weight excluding hydrogens is 287 g/mol. The fraction of sp³-hybridized carbons (Fsp3) is 0.615. The molecule has 0 spiro atoms. The summed E-state index contributed by atoms with van der Waals surface area (Å²) in [6.45, 7) is 3.56. The monoisotopic (exact) mass is 305 g/mol. The molecule has 1 rings (SSSR count). The van der Waals surface area contributed by atoms with E-state index in [9.17, 15) is 18.0 Å². The Balaban J connectivity index is 3.47. The molecule has 0 fully saturated rings. The predicted molar refractivity (Wildman–Crippen MR) is 69.8 cm³/mol. The van der Waals surface area contributed by atoms with Crippen molar-refractivity contribution < 1.29 is 22.7 Å². The lowest BCUT2D eigenvalue weighted by molar-refractivity contribution is -0.145. The van der Waals surface area contributed by atoms with Crippen LogP contribution in [0.25, 0.3) is 0 Å². The standard InChI is InChI=1S/C13H18F3N3O2/c1-5-8-9(7-19(3)4)17-12(13(14,15)16)18-10(8)11(20)21-6-2/h5-7H2,1-4H3. The molecule has 0 radical (unpaired) electrons. The molecule has 0 saturated heterocycles. The quantitative estimate of drug-likeness (QED) is 0.781. The minimum atomic E-state index is -4.71. The summed E-state index contributed by atoms with van der Waals surface area (Å²) in [4.78, 5) is 20.5. The molecule has 0 aliphatic carbocycles. The highest BCUT2D eigenvalue weighted by molar-refractivity contribution is 5.89. The summed E-state index contributed by atoms with van der Waals surface area (Å²) in [6.07, 6.45) is -4.37. The minimum absolute atomic E-state index is 0.0658. The topological polar surface area (TPSA) is 55.3 Å². The maximum atomic E-state index is 12.9. The summed E-state index contributed by atoms with van der Waals surface area (Å²) in [5, 5.41) is 0. The zero-order valence-electron chi connectivity index (χ0n) is 12.4. The van der Waals surface area contributed by atoms with E-state index in [-0.39, 0.29) is 24.5 Å². The van der Waals surface area contributed by atoms with Gasteiger partial charge in [-0.1, -0.05) is 6.92 Å². The first kappa shape index (κ1) is 17.4. The smallest absolute Gasteiger partial charge is 0.451 e. The Morgan fingerprint density at radius 3 is 2.29 bits per heavy atom. The minimum Gasteiger partial charge on any atom is -0.461 e. The molecule has 0 amide bonds. The van der Waals surface area contributed by atoms with Gasteiger partial charge in [-0.15, -0.1) is 0 Å². The molecule has 0 N–H and O–H groups in total. The average molecular weight is 305 g/mol. The molecule has 21 heavy (non-hydrogen) atoms. The Bertz CT molecular complexity index is 516. The van der Waals surface area contributed by atoms with Crippen LogP contribution in [0.5, 0.6) is 0 Å². The third-order valence-electron chi connectivity index (χ3n) is 2.63. The van der Waals surface area contributed by atoms with Crippen molar-refractivity contribution in [2.45, 2.75) is 33.0 Å². The van der Waals surface area contributed by atoms with Gasteiger partial charge in [0, 0.05) is 12.1 Å². The first-order valence-corrected chi connectivity index (χ1v) is 6.49. The molecule has 8 heteroatoms. The molecule has 0 aromatic carbocycles. The van der Waals surface area contributed by atoms with E-state index in [1.807, 2.05) is 0 Å². The van der Waals surface area contributed by atoms with Gasteiger partial charge in [0.1, 0.15) is 0 Å². The van der Waals surface area contributed by atoms with E-state index in [1.54, 1.807) is 32.8 Å². The molecule has 1 aromatic rings. The van der Waals surface area contributed by atoms with Crippen molar-refractivity contribution in [2.24, 2.45) is 0 Å². The second kappa shape index (κ2) is 6.84. The molecular formula is C13H18F3N3O2. The van der Waals surface area contributed by atoms with Gasteiger partial charge in [-0.2, -0.15) is 13.2 Å². The average Bonchev–Trinajstić information content (AvgIpc) is 2.36. The number of nitrogens with zero attached hydrogens (tertiary/aromatic N) is 3. The van der Waals surface area contributed by atoms with Crippen LogP contribution in [-0.4, -0.2) is 41.5 Å². The summed E-state index contributed by atoms with van der Waals surface area (Å²) in [6, 6.07) is 0. The highest BCUT2D eigenvalue weighted by atomic mass is 19.4. The fourth-order valence-electron chi connectivity index (χ4n) is 1.83. The van der Waals surface area contributed by atoms with E-state index in [4.69, 9.17) is 4.74 Å². The number of alkyl halides is 3. The maximum Gasteiger partial charge on any atom is 0.451 e. The molecule has 1 aromatic heterocycles. The summed E-state index contributed by atoms with van der Waals surface area (Å²) >= 11 is 0. The highest BCUT2D eigenvalue weighted by Gasteiger charge is 2.37. The van der Waals surface area contributed by atoms with Crippen molar-refractivity contribution in [3.8, 4) is 0 Å². The van der Waals surface area contributed by atoms with E-state index in [0.717, 1.165) is 0 Å². The van der Waals surface area contributed by atoms with Gasteiger partial charge in [0.05, 0.1) is 12.3 Å². The lowest BCUT2D eigenvalue weighted by atomic mass is 10.1. The van der Waals surface area contributed by atoms with Gasteiger partial charge in [-0.3, -0.25) is 0 Å². The van der Waals surface area contributed by atoms with Crippen LogP contribution in [0.2, 0.25) is 0 Å². The number of halogens is 3. The van der Waals surface area contributed by atoms with Crippen LogP contribution in [0.15, 0.2) is 0 Å². The maximum absolute atomic E-state index is 12.9. The van der Waals surface area contributed by atoms with E-state index < -0.39 is 18.0 Å². The number of esters is 1. The van der Waals surface area contributed by atoms with Crippen LogP contribution >= 0.6 is 0 Å². The Morgan fingerprint density at radius 1 is 1.24 bits per heavy atom. The van der Waals surface area contributed by atoms with Crippen LogP contribution in [0.3, 0.4) is 0 Å². The number of carbonyl (C=O) groups excluding carboxylic acids is 1. The number of ether oxygens (including phenoxy) is 1. The zero-order valence-corrected chi connectivity index (χ0v) is 12.4. The van der Waals surface area contributed by atoms with Crippen molar-refractivity contribution in [1.29, 1.82) is 0 Å². The van der Waals surface area contributed by atoms with E-state index in [0.29, 0.717) is 12.0 Å². The highest BCUT2D eigenvalue weighted by Crippen LogP contribution is 2.28. The van der Waals surface area contributed by atoms with E-state index in [1.165, 1.54) is 0 Å². The van der Waals surface area contributed by atoms with Crippen molar-refractivity contribution in [3.63, 3.8) is 0 Å². The van der Waals surface area contributed by atoms with Gasteiger partial charge in [0.2, 0.25) is 5.82 Å². The van der Waals surface area contributed by atoms with E-state index >= 15 is 0 Å². The predicted octanol–water partition coefficient (Wildman–Crippen LogP) is 2.30. The van der Waals surface area contributed by atoms with Crippen molar-refractivity contribution in [3.05, 3.63) is 22.8 Å². The third kappa shape index (κ3) is 4.38. The first-order valence-electron chi connectivity index (χ1n) is 6.49. The Labute approximate surface area is 121 Å². The van der Waals surface area contributed by atoms with Crippen molar-refractivity contribution >= 4 is 5.97 Å². The number of rotatable bonds is 5. The van der Waals surface area contributed by atoms with Crippen LogP contribution in [-0.2, 0) is 23.9 Å². The molecule has 0 bridgehead atoms. The van der Waals surface area contributed by atoms with E-state index in [2.05, 4.69) is 9.97 Å². The molecule has 0 saturated carbocycles. The van der Waals surface area contributed by atoms with Crippen LogP contribution < -0.4 is 0 Å². The third-order valence-corrected chi connectivity index (χ3v) is 2.63. The fourth-order valence-corrected chi connectivity index (χ4v) is 1.83. The van der Waals surface area contributed by atoms with Crippen molar-refractivity contribution in [2.75, 3.05) is 20.7 Å². The molecule has 1 heterocycles. The summed E-state index contributed by atoms with van der Waals surface area (Å²) in [5.74, 6) is -2.18. The molecule has 0 aliphatic rings. The number of aromatic nitrogens is 2. The van der Waals surface area contributed by atoms with Crippen molar-refractivity contribution in [1.82, 2.24) is 14.9 Å². The molecule has 0 atom stereocenters. The number of carbonyl (C=O) groups is 1. The summed E-state index contributed by atoms with van der Waals surface area (Å²) in [7, 11) is 3.41. The van der Waals surface area contributed by atoms with Gasteiger partial charge in [0.15, 0.2) is 5.69 Å². The van der Waals surface area contributed by atoms with Gasteiger partial charge < -0.3 is 9.64 Å². The number of hydrogen-bond donors (Lipinski definition) is 0.